The first kappa shape index (κ1) is 14.5. The molecule has 0 aliphatic rings. The van der Waals surface area contributed by atoms with Crippen LogP contribution in [0.2, 0.25) is 0 Å². The number of benzene rings is 1. The molecule has 1 aromatic carbocycles. The van der Waals surface area contributed by atoms with E-state index in [0.29, 0.717) is 12.2 Å². The van der Waals surface area contributed by atoms with Gasteiger partial charge in [0.1, 0.15) is 0 Å². The SMILES string of the molecule is CCS(=O)(=O)c1ccccc1NCCC(=O)OC. The summed E-state index contributed by atoms with van der Waals surface area (Å²) in [5.41, 5.74) is 0.517. The average Bonchev–Trinajstić information content (AvgIpc) is 2.39. The van der Waals surface area contributed by atoms with E-state index in [1.807, 2.05) is 0 Å². The molecule has 0 spiro atoms. The predicted molar refractivity (Wildman–Crippen MR) is 69.3 cm³/mol. The Morgan fingerprint density at radius 3 is 2.61 bits per heavy atom. The van der Waals surface area contributed by atoms with Gasteiger partial charge in [0.05, 0.1) is 29.9 Å². The number of hydrogen-bond acceptors (Lipinski definition) is 5. The van der Waals surface area contributed by atoms with Gasteiger partial charge in [-0.3, -0.25) is 4.79 Å². The van der Waals surface area contributed by atoms with Gasteiger partial charge in [-0.1, -0.05) is 19.1 Å². The third-order valence-electron chi connectivity index (χ3n) is 2.47. The number of carbonyl (C=O) groups excluding carboxylic acids is 1. The van der Waals surface area contributed by atoms with Crippen molar-refractivity contribution in [3.8, 4) is 0 Å². The zero-order valence-electron chi connectivity index (χ0n) is 10.5. The second-order valence-corrected chi connectivity index (χ2v) is 5.90. The minimum absolute atomic E-state index is 0.0443. The lowest BCUT2D eigenvalue weighted by Crippen LogP contribution is -2.13. The molecule has 0 aliphatic carbocycles. The summed E-state index contributed by atoms with van der Waals surface area (Å²) in [5.74, 6) is -0.291. The fraction of sp³-hybridized carbons (Fsp3) is 0.417. The number of hydrogen-bond donors (Lipinski definition) is 1. The standard InChI is InChI=1S/C12H17NO4S/c1-3-18(15,16)11-7-5-4-6-10(11)13-9-8-12(14)17-2/h4-7,13H,3,8-9H2,1-2H3. The van der Waals surface area contributed by atoms with Crippen LogP contribution in [0.4, 0.5) is 5.69 Å². The van der Waals surface area contributed by atoms with Crippen LogP contribution >= 0.6 is 0 Å². The summed E-state index contributed by atoms with van der Waals surface area (Å²) >= 11 is 0. The van der Waals surface area contributed by atoms with Crippen molar-refractivity contribution >= 4 is 21.5 Å². The summed E-state index contributed by atoms with van der Waals surface area (Å²) in [5, 5.41) is 2.94. The summed E-state index contributed by atoms with van der Waals surface area (Å²) in [6.45, 7) is 1.93. The van der Waals surface area contributed by atoms with Crippen molar-refractivity contribution in [3.63, 3.8) is 0 Å². The minimum Gasteiger partial charge on any atom is -0.469 e. The van der Waals surface area contributed by atoms with Gasteiger partial charge in [0, 0.05) is 6.54 Å². The number of nitrogens with one attached hydrogen (secondary N) is 1. The Hall–Kier alpha value is -1.56. The van der Waals surface area contributed by atoms with Crippen LogP contribution in [-0.2, 0) is 19.4 Å². The first-order chi connectivity index (χ1) is 8.51. The Labute approximate surface area is 107 Å². The summed E-state index contributed by atoms with van der Waals surface area (Å²) < 4.78 is 28.2. The predicted octanol–water partition coefficient (Wildman–Crippen LogP) is 1.46. The Morgan fingerprint density at radius 1 is 1.33 bits per heavy atom. The smallest absolute Gasteiger partial charge is 0.307 e. The quantitative estimate of drug-likeness (QED) is 0.793. The fourth-order valence-electron chi connectivity index (χ4n) is 1.44. The Morgan fingerprint density at radius 2 is 2.00 bits per heavy atom. The van der Waals surface area contributed by atoms with Crippen LogP contribution in [0.1, 0.15) is 13.3 Å². The van der Waals surface area contributed by atoms with Crippen LogP contribution in [0.3, 0.4) is 0 Å². The number of sulfone groups is 1. The van der Waals surface area contributed by atoms with Crippen LogP contribution in [0.5, 0.6) is 0 Å². The van der Waals surface area contributed by atoms with Crippen molar-refractivity contribution in [1.29, 1.82) is 0 Å². The van der Waals surface area contributed by atoms with Gasteiger partial charge in [-0.25, -0.2) is 8.42 Å². The normalized spacial score (nSPS) is 11.0. The zero-order chi connectivity index (χ0) is 13.6. The molecule has 0 atom stereocenters. The van der Waals surface area contributed by atoms with Gasteiger partial charge in [-0.05, 0) is 12.1 Å². The lowest BCUT2D eigenvalue weighted by Gasteiger charge is -2.11. The van der Waals surface area contributed by atoms with E-state index in [-0.39, 0.29) is 23.0 Å². The third kappa shape index (κ3) is 3.73. The molecule has 6 heteroatoms. The van der Waals surface area contributed by atoms with Crippen molar-refractivity contribution in [2.24, 2.45) is 0 Å². The molecule has 0 heterocycles. The molecule has 5 nitrogen and oxygen atoms in total. The van der Waals surface area contributed by atoms with Crippen molar-refractivity contribution in [2.75, 3.05) is 24.7 Å². The van der Waals surface area contributed by atoms with E-state index in [4.69, 9.17) is 0 Å². The van der Waals surface area contributed by atoms with Crippen LogP contribution < -0.4 is 5.32 Å². The highest BCUT2D eigenvalue weighted by Gasteiger charge is 2.15. The number of ether oxygens (including phenoxy) is 1. The van der Waals surface area contributed by atoms with Crippen LogP contribution in [0.25, 0.3) is 0 Å². The van der Waals surface area contributed by atoms with E-state index in [1.165, 1.54) is 7.11 Å². The van der Waals surface area contributed by atoms with Gasteiger partial charge in [0.2, 0.25) is 0 Å². The van der Waals surface area contributed by atoms with Crippen molar-refractivity contribution in [3.05, 3.63) is 24.3 Å². The molecule has 0 saturated carbocycles. The monoisotopic (exact) mass is 271 g/mol. The molecule has 0 aromatic heterocycles. The summed E-state index contributed by atoms with van der Waals surface area (Å²) in [6, 6.07) is 6.66. The molecule has 0 aliphatic heterocycles. The zero-order valence-corrected chi connectivity index (χ0v) is 11.3. The highest BCUT2D eigenvalue weighted by Crippen LogP contribution is 2.21. The van der Waals surface area contributed by atoms with Gasteiger partial charge in [0.25, 0.3) is 0 Å². The summed E-state index contributed by atoms with van der Waals surface area (Å²) in [6.07, 6.45) is 0.191. The lowest BCUT2D eigenvalue weighted by atomic mass is 10.3. The van der Waals surface area contributed by atoms with E-state index >= 15 is 0 Å². The maximum atomic E-state index is 11.8. The molecule has 1 aromatic rings. The molecule has 0 unspecified atom stereocenters. The molecule has 1 rings (SSSR count). The van der Waals surface area contributed by atoms with Gasteiger partial charge in [-0.15, -0.1) is 0 Å². The largest absolute Gasteiger partial charge is 0.469 e. The first-order valence-electron chi connectivity index (χ1n) is 5.63. The van der Waals surface area contributed by atoms with Crippen molar-refractivity contribution in [1.82, 2.24) is 0 Å². The van der Waals surface area contributed by atoms with E-state index in [1.54, 1.807) is 31.2 Å². The van der Waals surface area contributed by atoms with Crippen LogP contribution in [0.15, 0.2) is 29.2 Å². The maximum absolute atomic E-state index is 11.8. The Balaban J connectivity index is 2.81. The van der Waals surface area contributed by atoms with Gasteiger partial charge >= 0.3 is 5.97 Å². The Kier molecular flexibility index (Phi) is 5.15. The number of rotatable bonds is 6. The van der Waals surface area contributed by atoms with Crippen molar-refractivity contribution in [2.45, 2.75) is 18.2 Å². The van der Waals surface area contributed by atoms with E-state index in [9.17, 15) is 13.2 Å². The molecule has 0 saturated heterocycles. The molecule has 0 fully saturated rings. The molecular weight excluding hydrogens is 254 g/mol. The highest BCUT2D eigenvalue weighted by molar-refractivity contribution is 7.91. The molecule has 0 amide bonds. The Bertz CT molecular complexity index is 511. The fourth-order valence-corrected chi connectivity index (χ4v) is 2.51. The molecule has 1 N–H and O–H groups in total. The molecule has 100 valence electrons. The van der Waals surface area contributed by atoms with Crippen molar-refractivity contribution < 1.29 is 17.9 Å². The van der Waals surface area contributed by atoms with Crippen LogP contribution in [0, 0.1) is 0 Å². The second-order valence-electron chi connectivity index (χ2n) is 3.65. The minimum atomic E-state index is -3.26. The number of anilines is 1. The number of carbonyl (C=O) groups is 1. The van der Waals surface area contributed by atoms with E-state index in [0.717, 1.165) is 0 Å². The van der Waals surface area contributed by atoms with Gasteiger partial charge in [0.15, 0.2) is 9.84 Å². The number of methoxy groups -OCH3 is 1. The highest BCUT2D eigenvalue weighted by atomic mass is 32.2. The topological polar surface area (TPSA) is 72.5 Å². The molecule has 0 bridgehead atoms. The van der Waals surface area contributed by atoms with Crippen LogP contribution in [-0.4, -0.2) is 33.8 Å². The molecular formula is C12H17NO4S. The van der Waals surface area contributed by atoms with Gasteiger partial charge < -0.3 is 10.1 Å². The summed E-state index contributed by atoms with van der Waals surface area (Å²) in [4.78, 5) is 11.2. The number of para-hydroxylation sites is 1. The first-order valence-corrected chi connectivity index (χ1v) is 7.29. The number of esters is 1. The lowest BCUT2D eigenvalue weighted by molar-refractivity contribution is -0.140. The maximum Gasteiger partial charge on any atom is 0.307 e. The summed E-state index contributed by atoms with van der Waals surface area (Å²) in [7, 11) is -1.95. The average molecular weight is 271 g/mol. The molecule has 0 radical (unpaired) electrons. The van der Waals surface area contributed by atoms with Gasteiger partial charge in [-0.2, -0.15) is 0 Å². The second kappa shape index (κ2) is 6.39. The van der Waals surface area contributed by atoms with E-state index < -0.39 is 9.84 Å². The van der Waals surface area contributed by atoms with E-state index in [2.05, 4.69) is 10.1 Å². The third-order valence-corrected chi connectivity index (χ3v) is 4.26. The molecule has 18 heavy (non-hydrogen) atoms.